The summed E-state index contributed by atoms with van der Waals surface area (Å²) >= 11 is -1.45. The molecule has 4 N–H and O–H groups in total. The van der Waals surface area contributed by atoms with Crippen molar-refractivity contribution in [1.29, 1.82) is 0 Å². The van der Waals surface area contributed by atoms with Gasteiger partial charge in [0.25, 0.3) is 0 Å². The van der Waals surface area contributed by atoms with Crippen molar-refractivity contribution < 1.29 is 14.6 Å². The number of anilines is 1. The molecule has 7 heteroatoms. The molecule has 1 heterocycles. The van der Waals surface area contributed by atoms with E-state index in [1.54, 1.807) is 32.9 Å². The number of aromatic hydroxyl groups is 1. The number of phenolic OH excluding ortho intramolecular Hbond substituents is 1. The normalized spacial score (nSPS) is 16.1. The van der Waals surface area contributed by atoms with Crippen molar-refractivity contribution in [3.05, 3.63) is 18.2 Å². The Hall–Kier alpha value is -1.23. The zero-order valence-corrected chi connectivity index (χ0v) is 13.7. The first kappa shape index (κ1) is 15.2. The van der Waals surface area contributed by atoms with Crippen molar-refractivity contribution in [2.24, 2.45) is 0 Å². The molecule has 1 aromatic carbocycles. The fourth-order valence-electron chi connectivity index (χ4n) is 1.75. The van der Waals surface area contributed by atoms with E-state index in [0.717, 1.165) is 17.4 Å². The number of phenols is 1. The molecule has 0 saturated carbocycles. The molecule has 1 saturated heterocycles. The molecule has 20 heavy (non-hydrogen) atoms. The maximum absolute atomic E-state index is 11.7. The third-order valence-electron chi connectivity index (χ3n) is 2.54. The summed E-state index contributed by atoms with van der Waals surface area (Å²) in [7, 11) is 0. The summed E-state index contributed by atoms with van der Waals surface area (Å²) in [5.41, 5.74) is -0.192. The van der Waals surface area contributed by atoms with Crippen LogP contribution in [0.25, 0.3) is 0 Å². The molecule has 110 valence electrons. The fourth-order valence-corrected chi connectivity index (χ4v) is 5.17. The molecule has 1 amide bonds. The summed E-state index contributed by atoms with van der Waals surface area (Å²) < 4.78 is 13.1. The van der Waals surface area contributed by atoms with E-state index in [9.17, 15) is 9.90 Å². The Labute approximate surface area is 123 Å². The first-order valence-corrected chi connectivity index (χ1v) is 9.27. The van der Waals surface area contributed by atoms with Crippen molar-refractivity contribution in [3.63, 3.8) is 0 Å². The first-order chi connectivity index (χ1) is 9.35. The van der Waals surface area contributed by atoms with E-state index in [1.165, 1.54) is 0 Å². The number of amides is 1. The van der Waals surface area contributed by atoms with Gasteiger partial charge in [0, 0.05) is 0 Å². The van der Waals surface area contributed by atoms with Gasteiger partial charge in [-0.05, 0) is 0 Å². The number of rotatable bonds is 2. The van der Waals surface area contributed by atoms with Gasteiger partial charge in [-0.15, -0.1) is 0 Å². The standard InChI is InChI=1S/C13H20AsN3O3/c1-13(2,3)20-12(19)17-10-8-9(4-5-11(10)18)14-15-6-7-16-14/h4-5,8,15-16,18H,6-7H2,1-3H3,(H,17,19). The van der Waals surface area contributed by atoms with Crippen molar-refractivity contribution in [3.8, 4) is 5.75 Å². The Bertz CT molecular complexity index is 496. The van der Waals surface area contributed by atoms with E-state index in [0.29, 0.717) is 5.69 Å². The molecule has 0 atom stereocenters. The van der Waals surface area contributed by atoms with Crippen LogP contribution in [-0.4, -0.2) is 45.0 Å². The van der Waals surface area contributed by atoms with E-state index in [4.69, 9.17) is 4.74 Å². The molecule has 6 nitrogen and oxygen atoms in total. The average Bonchev–Trinajstić information content (AvgIpc) is 2.83. The SMILES string of the molecule is CC(C)(C)OC(=O)Nc1cc([As]2NCCN2)ccc1O. The molecular weight excluding hydrogens is 321 g/mol. The van der Waals surface area contributed by atoms with Crippen LogP contribution in [0.1, 0.15) is 20.8 Å². The van der Waals surface area contributed by atoms with Crippen LogP contribution in [-0.2, 0) is 4.74 Å². The second kappa shape index (κ2) is 6.04. The molecule has 0 spiro atoms. The van der Waals surface area contributed by atoms with Gasteiger partial charge in [0.15, 0.2) is 0 Å². The van der Waals surface area contributed by atoms with Crippen LogP contribution in [0, 0.1) is 0 Å². The van der Waals surface area contributed by atoms with Gasteiger partial charge in [0.1, 0.15) is 0 Å². The quantitative estimate of drug-likeness (QED) is 0.469. The van der Waals surface area contributed by atoms with Crippen LogP contribution in [0.2, 0.25) is 0 Å². The molecule has 1 aliphatic heterocycles. The topological polar surface area (TPSA) is 82.6 Å². The molecule has 1 aromatic rings. The minimum atomic E-state index is -1.45. The molecule has 0 aromatic heterocycles. The van der Waals surface area contributed by atoms with Crippen LogP contribution >= 0.6 is 0 Å². The number of ether oxygens (including phenoxy) is 1. The van der Waals surface area contributed by atoms with Crippen LogP contribution < -0.4 is 18.1 Å². The molecule has 1 fully saturated rings. The Morgan fingerprint density at radius 3 is 2.60 bits per heavy atom. The van der Waals surface area contributed by atoms with Gasteiger partial charge >= 0.3 is 123 Å². The molecule has 0 aliphatic carbocycles. The second-order valence-electron chi connectivity index (χ2n) is 5.48. The third-order valence-corrected chi connectivity index (χ3v) is 6.47. The predicted octanol–water partition coefficient (Wildman–Crippen LogP) is 0.627. The van der Waals surface area contributed by atoms with Gasteiger partial charge < -0.3 is 0 Å². The number of hydrogen-bond donors (Lipinski definition) is 4. The average molecular weight is 341 g/mol. The van der Waals surface area contributed by atoms with Gasteiger partial charge in [-0.2, -0.15) is 0 Å². The fraction of sp³-hybridized carbons (Fsp3) is 0.462. The zero-order chi connectivity index (χ0) is 14.8. The molecule has 2 rings (SSSR count). The van der Waals surface area contributed by atoms with Crippen LogP contribution in [0.5, 0.6) is 5.75 Å². The minimum absolute atomic E-state index is 0.0350. The predicted molar refractivity (Wildman–Crippen MR) is 79.4 cm³/mol. The monoisotopic (exact) mass is 341 g/mol. The first-order valence-electron chi connectivity index (χ1n) is 6.45. The van der Waals surface area contributed by atoms with Gasteiger partial charge in [-0.1, -0.05) is 0 Å². The number of carbonyl (C=O) groups excluding carboxylic acids is 1. The van der Waals surface area contributed by atoms with E-state index < -0.39 is 26.8 Å². The van der Waals surface area contributed by atoms with Gasteiger partial charge in [0.2, 0.25) is 0 Å². The van der Waals surface area contributed by atoms with E-state index in [2.05, 4.69) is 13.8 Å². The molecule has 0 unspecified atom stereocenters. The Morgan fingerprint density at radius 1 is 1.35 bits per heavy atom. The van der Waals surface area contributed by atoms with E-state index >= 15 is 0 Å². The Morgan fingerprint density at radius 2 is 2.00 bits per heavy atom. The van der Waals surface area contributed by atoms with E-state index in [-0.39, 0.29) is 5.75 Å². The third kappa shape index (κ3) is 4.13. The number of hydrogen-bond acceptors (Lipinski definition) is 5. The number of carbonyl (C=O) groups is 1. The molecule has 1 aliphatic rings. The van der Waals surface area contributed by atoms with Crippen LogP contribution in [0.4, 0.5) is 10.5 Å². The van der Waals surface area contributed by atoms with Crippen molar-refractivity contribution in [2.45, 2.75) is 26.4 Å². The summed E-state index contributed by atoms with van der Waals surface area (Å²) in [4.78, 5) is 11.7. The van der Waals surface area contributed by atoms with Crippen molar-refractivity contribution >= 4 is 31.2 Å². The summed E-state index contributed by atoms with van der Waals surface area (Å²) in [6.45, 7) is 7.29. The van der Waals surface area contributed by atoms with Crippen LogP contribution in [0.15, 0.2) is 18.2 Å². The summed E-state index contributed by atoms with van der Waals surface area (Å²) in [6, 6.07) is 5.27. The van der Waals surface area contributed by atoms with Crippen molar-refractivity contribution in [2.75, 3.05) is 18.4 Å². The summed E-state index contributed by atoms with van der Waals surface area (Å²) in [5, 5.41) is 12.4. The van der Waals surface area contributed by atoms with Gasteiger partial charge in [0.05, 0.1) is 0 Å². The maximum atomic E-state index is 11.7. The summed E-state index contributed by atoms with van der Waals surface area (Å²) in [5.74, 6) is 0.0350. The Balaban J connectivity index is 2.10. The second-order valence-corrected chi connectivity index (χ2v) is 9.30. The van der Waals surface area contributed by atoms with Gasteiger partial charge in [-0.25, -0.2) is 0 Å². The summed E-state index contributed by atoms with van der Waals surface area (Å²) in [6.07, 6.45) is -0.570. The molecule has 0 bridgehead atoms. The van der Waals surface area contributed by atoms with E-state index in [1.807, 2.05) is 6.07 Å². The molecular formula is C13H20AsN3O3. The number of nitrogens with one attached hydrogen (secondary N) is 3. The van der Waals surface area contributed by atoms with Crippen LogP contribution in [0.3, 0.4) is 0 Å². The van der Waals surface area contributed by atoms with Crippen molar-refractivity contribution in [1.82, 2.24) is 8.47 Å². The number of benzene rings is 1. The van der Waals surface area contributed by atoms with Gasteiger partial charge in [-0.3, -0.25) is 0 Å². The molecule has 0 radical (unpaired) electrons. The zero-order valence-electron chi connectivity index (χ0n) is 11.9. The Kier molecular flexibility index (Phi) is 4.58.